The first-order valence-electron chi connectivity index (χ1n) is 6.31. The van der Waals surface area contributed by atoms with Crippen LogP contribution in [0.4, 0.5) is 0 Å². The molecule has 0 aliphatic heterocycles. The van der Waals surface area contributed by atoms with Gasteiger partial charge >= 0.3 is 0 Å². The lowest BCUT2D eigenvalue weighted by molar-refractivity contribution is 0.445. The highest BCUT2D eigenvalue weighted by Crippen LogP contribution is 2.37. The van der Waals surface area contributed by atoms with E-state index < -0.39 is 0 Å². The Hall–Kier alpha value is -1.50. The first kappa shape index (κ1) is 14.6. The highest BCUT2D eigenvalue weighted by atomic mass is 16.3. The van der Waals surface area contributed by atoms with E-state index in [1.165, 1.54) is 5.57 Å². The van der Waals surface area contributed by atoms with Crippen LogP contribution in [0.25, 0.3) is 11.6 Å². The molecule has 0 saturated carbocycles. The van der Waals surface area contributed by atoms with Crippen LogP contribution in [-0.4, -0.2) is 5.11 Å². The highest BCUT2D eigenvalue weighted by molar-refractivity contribution is 5.72. The van der Waals surface area contributed by atoms with Crippen LogP contribution in [0.15, 0.2) is 24.3 Å². The van der Waals surface area contributed by atoms with Crippen LogP contribution in [0.5, 0.6) is 5.75 Å². The molecule has 1 nitrogen and oxygen atoms in total. The van der Waals surface area contributed by atoms with Gasteiger partial charge in [-0.2, -0.15) is 0 Å². The second kappa shape index (κ2) is 5.01. The fourth-order valence-corrected chi connectivity index (χ4v) is 1.97. The number of rotatable bonds is 2. The van der Waals surface area contributed by atoms with E-state index in [9.17, 15) is 5.11 Å². The molecule has 1 aromatic carbocycles. The number of benzene rings is 1. The predicted molar refractivity (Wildman–Crippen MR) is 80.8 cm³/mol. The maximum absolute atomic E-state index is 10.4. The van der Waals surface area contributed by atoms with Crippen LogP contribution in [0.1, 0.15) is 58.2 Å². The van der Waals surface area contributed by atoms with Gasteiger partial charge in [-0.1, -0.05) is 39.0 Å². The molecule has 1 rings (SSSR count). The van der Waals surface area contributed by atoms with Gasteiger partial charge in [0, 0.05) is 11.1 Å². The van der Waals surface area contributed by atoms with Crippen LogP contribution < -0.4 is 0 Å². The zero-order valence-electron chi connectivity index (χ0n) is 12.4. The molecule has 0 aromatic heterocycles. The minimum Gasteiger partial charge on any atom is -0.507 e. The van der Waals surface area contributed by atoms with E-state index in [0.29, 0.717) is 5.75 Å². The minimum absolute atomic E-state index is 0.0836. The first-order valence-corrected chi connectivity index (χ1v) is 6.31. The second-order valence-electron chi connectivity index (χ2n) is 6.22. The van der Waals surface area contributed by atoms with Crippen molar-refractivity contribution in [2.75, 3.05) is 0 Å². The highest BCUT2D eigenvalue weighted by Gasteiger charge is 2.21. The molecule has 1 N–H and O–H groups in total. The Balaban J connectivity index is 3.57. The molecule has 0 radical (unpaired) electrons. The maximum Gasteiger partial charge on any atom is 0.126 e. The summed E-state index contributed by atoms with van der Waals surface area (Å²) in [7, 11) is 0. The van der Waals surface area contributed by atoms with Gasteiger partial charge in [-0.25, -0.2) is 0 Å². The Morgan fingerprint density at radius 1 is 1.17 bits per heavy atom. The number of allylic oxidation sites excluding steroid dienone is 2. The molecular formula is C17H24O. The minimum atomic E-state index is -0.0836. The zero-order valence-corrected chi connectivity index (χ0v) is 12.4. The summed E-state index contributed by atoms with van der Waals surface area (Å²) in [5.74, 6) is 0.362. The van der Waals surface area contributed by atoms with Crippen LogP contribution >= 0.6 is 0 Å². The SMILES string of the molecule is C=C(C)c1cc(C=C(C)C)cc(C(C)(C)C)c1O. The zero-order chi connectivity index (χ0) is 14.1. The summed E-state index contributed by atoms with van der Waals surface area (Å²) in [6.45, 7) is 16.3. The quantitative estimate of drug-likeness (QED) is 0.763. The normalized spacial score (nSPS) is 11.2. The standard InChI is InChI=1S/C17H24O/c1-11(2)8-13-9-14(12(3)4)16(18)15(10-13)17(5,6)7/h8-10,18H,3H2,1-2,4-7H3. The Labute approximate surface area is 111 Å². The van der Waals surface area contributed by atoms with Crippen molar-refractivity contribution in [3.8, 4) is 5.75 Å². The van der Waals surface area contributed by atoms with Crippen LogP contribution in [0.2, 0.25) is 0 Å². The van der Waals surface area contributed by atoms with E-state index in [4.69, 9.17) is 0 Å². The third-order valence-electron chi connectivity index (χ3n) is 2.86. The van der Waals surface area contributed by atoms with Gasteiger partial charge in [0.2, 0.25) is 0 Å². The Kier molecular flexibility index (Phi) is 4.05. The molecule has 18 heavy (non-hydrogen) atoms. The number of hydrogen-bond donors (Lipinski definition) is 1. The summed E-state index contributed by atoms with van der Waals surface area (Å²) in [6, 6.07) is 4.06. The lowest BCUT2D eigenvalue weighted by atomic mass is 9.83. The Morgan fingerprint density at radius 2 is 1.72 bits per heavy atom. The van der Waals surface area contributed by atoms with Crippen LogP contribution in [-0.2, 0) is 5.41 Å². The van der Waals surface area contributed by atoms with Crippen molar-refractivity contribution in [1.29, 1.82) is 0 Å². The number of phenolic OH excluding ortho intramolecular Hbond substituents is 1. The Morgan fingerprint density at radius 3 is 2.11 bits per heavy atom. The molecule has 0 atom stereocenters. The fourth-order valence-electron chi connectivity index (χ4n) is 1.97. The van der Waals surface area contributed by atoms with E-state index in [-0.39, 0.29) is 5.41 Å². The average Bonchev–Trinajstić information content (AvgIpc) is 2.17. The molecular weight excluding hydrogens is 220 g/mol. The van der Waals surface area contributed by atoms with Crippen molar-refractivity contribution < 1.29 is 5.11 Å². The molecule has 0 spiro atoms. The summed E-state index contributed by atoms with van der Waals surface area (Å²) in [4.78, 5) is 0. The van der Waals surface area contributed by atoms with Crippen molar-refractivity contribution in [2.24, 2.45) is 0 Å². The lowest BCUT2D eigenvalue weighted by Gasteiger charge is -2.23. The molecule has 1 aromatic rings. The average molecular weight is 244 g/mol. The predicted octanol–water partition coefficient (Wildman–Crippen LogP) is 5.15. The van der Waals surface area contributed by atoms with E-state index in [2.05, 4.69) is 53.3 Å². The topological polar surface area (TPSA) is 20.2 Å². The number of hydrogen-bond acceptors (Lipinski definition) is 1. The number of aromatic hydroxyl groups is 1. The molecule has 0 amide bonds. The van der Waals surface area contributed by atoms with Crippen LogP contribution in [0, 0.1) is 0 Å². The van der Waals surface area contributed by atoms with Crippen molar-refractivity contribution in [2.45, 2.75) is 47.0 Å². The molecule has 0 bridgehead atoms. The van der Waals surface area contributed by atoms with Gasteiger partial charge in [0.25, 0.3) is 0 Å². The second-order valence-corrected chi connectivity index (χ2v) is 6.22. The number of phenols is 1. The maximum atomic E-state index is 10.4. The van der Waals surface area contributed by atoms with Gasteiger partial charge in [-0.15, -0.1) is 0 Å². The van der Waals surface area contributed by atoms with Gasteiger partial charge in [-0.05, 0) is 49.5 Å². The van der Waals surface area contributed by atoms with E-state index in [1.807, 2.05) is 13.0 Å². The largest absolute Gasteiger partial charge is 0.507 e. The summed E-state index contributed by atoms with van der Waals surface area (Å²) < 4.78 is 0. The molecule has 0 saturated heterocycles. The van der Waals surface area contributed by atoms with Crippen molar-refractivity contribution in [3.63, 3.8) is 0 Å². The van der Waals surface area contributed by atoms with Crippen molar-refractivity contribution in [3.05, 3.63) is 41.0 Å². The van der Waals surface area contributed by atoms with E-state index in [1.54, 1.807) is 0 Å². The first-order chi connectivity index (χ1) is 8.12. The van der Waals surface area contributed by atoms with Crippen molar-refractivity contribution >= 4 is 11.6 Å². The molecule has 0 heterocycles. The third kappa shape index (κ3) is 3.25. The molecule has 0 fully saturated rings. The van der Waals surface area contributed by atoms with Gasteiger partial charge in [0.05, 0.1) is 0 Å². The molecule has 0 aliphatic carbocycles. The van der Waals surface area contributed by atoms with E-state index >= 15 is 0 Å². The molecule has 0 aliphatic rings. The van der Waals surface area contributed by atoms with E-state index in [0.717, 1.165) is 22.3 Å². The summed E-state index contributed by atoms with van der Waals surface area (Å²) in [5.41, 5.74) is 4.98. The van der Waals surface area contributed by atoms with Crippen molar-refractivity contribution in [1.82, 2.24) is 0 Å². The Bertz CT molecular complexity index is 495. The fraction of sp³-hybridized carbons (Fsp3) is 0.412. The van der Waals surface area contributed by atoms with Gasteiger partial charge in [-0.3, -0.25) is 0 Å². The van der Waals surface area contributed by atoms with Gasteiger partial charge < -0.3 is 5.11 Å². The molecule has 1 heteroatoms. The third-order valence-corrected chi connectivity index (χ3v) is 2.86. The summed E-state index contributed by atoms with van der Waals surface area (Å²) in [5, 5.41) is 10.4. The van der Waals surface area contributed by atoms with Gasteiger partial charge in [0.15, 0.2) is 0 Å². The molecule has 0 unspecified atom stereocenters. The molecule has 98 valence electrons. The van der Waals surface area contributed by atoms with Gasteiger partial charge in [0.1, 0.15) is 5.75 Å². The smallest absolute Gasteiger partial charge is 0.126 e. The van der Waals surface area contributed by atoms with Crippen LogP contribution in [0.3, 0.4) is 0 Å². The summed E-state index contributed by atoms with van der Waals surface area (Å²) in [6.07, 6.45) is 2.13. The monoisotopic (exact) mass is 244 g/mol. The lowest BCUT2D eigenvalue weighted by Crippen LogP contribution is -2.12. The summed E-state index contributed by atoms with van der Waals surface area (Å²) >= 11 is 0.